The molecular formula is C16H20N2O2. The molecule has 1 aromatic rings. The summed E-state index contributed by atoms with van der Waals surface area (Å²) >= 11 is 0. The summed E-state index contributed by atoms with van der Waals surface area (Å²) in [6.45, 7) is 0.896. The van der Waals surface area contributed by atoms with Gasteiger partial charge in [0.2, 0.25) is 5.91 Å². The van der Waals surface area contributed by atoms with E-state index in [2.05, 4.69) is 6.07 Å². The topological polar surface area (TPSA) is 64.3 Å². The van der Waals surface area contributed by atoms with Crippen molar-refractivity contribution in [3.8, 4) is 6.07 Å². The molecule has 4 heteroatoms. The Morgan fingerprint density at radius 3 is 2.60 bits per heavy atom. The summed E-state index contributed by atoms with van der Waals surface area (Å²) in [4.78, 5) is 13.5. The van der Waals surface area contributed by atoms with Gasteiger partial charge < -0.3 is 10.0 Å². The van der Waals surface area contributed by atoms with Gasteiger partial charge in [-0.25, -0.2) is 0 Å². The predicted octanol–water partition coefficient (Wildman–Crippen LogP) is 2.19. The largest absolute Gasteiger partial charge is 0.396 e. The van der Waals surface area contributed by atoms with Gasteiger partial charge in [0.15, 0.2) is 0 Å². The average molecular weight is 272 g/mol. The minimum atomic E-state index is -0.0432. The molecule has 1 amide bonds. The molecule has 0 aliphatic carbocycles. The molecule has 1 aromatic carbocycles. The zero-order chi connectivity index (χ0) is 14.8. The highest BCUT2D eigenvalue weighted by molar-refractivity contribution is 5.91. The molecule has 0 fully saturated rings. The molecule has 0 radical (unpaired) electrons. The Morgan fingerprint density at radius 1 is 1.30 bits per heavy atom. The summed E-state index contributed by atoms with van der Waals surface area (Å²) in [5.41, 5.74) is 1.50. The van der Waals surface area contributed by atoms with E-state index in [9.17, 15) is 4.79 Å². The van der Waals surface area contributed by atoms with Crippen LogP contribution < -0.4 is 0 Å². The van der Waals surface area contributed by atoms with E-state index in [1.165, 1.54) is 6.08 Å². The molecule has 4 nitrogen and oxygen atoms in total. The van der Waals surface area contributed by atoms with Crippen LogP contribution in [0.5, 0.6) is 0 Å². The van der Waals surface area contributed by atoms with Crippen LogP contribution in [0.4, 0.5) is 0 Å². The fourth-order valence-corrected chi connectivity index (χ4v) is 1.71. The Hall–Kier alpha value is -2.12. The summed E-state index contributed by atoms with van der Waals surface area (Å²) in [6.07, 6.45) is 5.88. The first kappa shape index (κ1) is 15.9. The first-order valence-electron chi connectivity index (χ1n) is 6.71. The van der Waals surface area contributed by atoms with Crippen molar-refractivity contribution in [1.82, 2.24) is 4.90 Å². The van der Waals surface area contributed by atoms with Gasteiger partial charge in [-0.1, -0.05) is 12.1 Å². The maximum Gasteiger partial charge on any atom is 0.246 e. The molecule has 0 aliphatic rings. The second-order valence-corrected chi connectivity index (χ2v) is 4.61. The van der Waals surface area contributed by atoms with Crippen molar-refractivity contribution in [3.05, 3.63) is 41.5 Å². The van der Waals surface area contributed by atoms with E-state index in [1.807, 2.05) is 12.1 Å². The number of rotatable bonds is 7. The van der Waals surface area contributed by atoms with Crippen LogP contribution in [0.1, 0.15) is 30.4 Å². The second kappa shape index (κ2) is 8.89. The number of likely N-dealkylation sites (N-methyl/N-ethyl adjacent to an activating group) is 1. The van der Waals surface area contributed by atoms with E-state index < -0.39 is 0 Å². The molecule has 106 valence electrons. The Bertz CT molecular complexity index is 486. The molecule has 1 rings (SSSR count). The summed E-state index contributed by atoms with van der Waals surface area (Å²) in [5.74, 6) is -0.0432. The standard InChI is InChI=1S/C16H20N2O2/c1-18(11-3-2-4-12-19)16(20)10-9-14-5-7-15(13-17)8-6-14/h5-10,19H,2-4,11-12H2,1H3/b10-9+. The minimum absolute atomic E-state index is 0.0432. The second-order valence-electron chi connectivity index (χ2n) is 4.61. The number of nitrogens with zero attached hydrogens (tertiary/aromatic N) is 2. The minimum Gasteiger partial charge on any atom is -0.396 e. The fourth-order valence-electron chi connectivity index (χ4n) is 1.71. The lowest BCUT2D eigenvalue weighted by Gasteiger charge is -2.14. The van der Waals surface area contributed by atoms with Crippen molar-refractivity contribution in [2.75, 3.05) is 20.2 Å². The van der Waals surface area contributed by atoms with Crippen molar-refractivity contribution in [2.24, 2.45) is 0 Å². The maximum absolute atomic E-state index is 11.8. The lowest BCUT2D eigenvalue weighted by Crippen LogP contribution is -2.25. The molecule has 0 saturated carbocycles. The van der Waals surface area contributed by atoms with Gasteiger partial charge in [0, 0.05) is 26.3 Å². The highest BCUT2D eigenvalue weighted by Gasteiger charge is 2.03. The molecule has 0 spiro atoms. The smallest absolute Gasteiger partial charge is 0.246 e. The van der Waals surface area contributed by atoms with Gasteiger partial charge in [-0.2, -0.15) is 5.26 Å². The van der Waals surface area contributed by atoms with Gasteiger partial charge in [0.1, 0.15) is 0 Å². The number of carbonyl (C=O) groups excluding carboxylic acids is 1. The number of aliphatic hydroxyl groups excluding tert-OH is 1. The van der Waals surface area contributed by atoms with Crippen LogP contribution in [-0.2, 0) is 4.79 Å². The van der Waals surface area contributed by atoms with E-state index in [1.54, 1.807) is 30.2 Å². The Kier molecular flexibility index (Phi) is 7.08. The van der Waals surface area contributed by atoms with Crippen LogP contribution in [0.3, 0.4) is 0 Å². The summed E-state index contributed by atoms with van der Waals surface area (Å²) < 4.78 is 0. The maximum atomic E-state index is 11.8. The molecular weight excluding hydrogens is 252 g/mol. The summed E-state index contributed by atoms with van der Waals surface area (Å²) in [6, 6.07) is 9.12. The number of hydrogen-bond donors (Lipinski definition) is 1. The number of amides is 1. The van der Waals surface area contributed by atoms with Crippen molar-refractivity contribution in [1.29, 1.82) is 5.26 Å². The van der Waals surface area contributed by atoms with E-state index >= 15 is 0 Å². The van der Waals surface area contributed by atoms with E-state index in [4.69, 9.17) is 10.4 Å². The zero-order valence-electron chi connectivity index (χ0n) is 11.7. The molecule has 1 N–H and O–H groups in total. The van der Waals surface area contributed by atoms with Gasteiger partial charge in [0.05, 0.1) is 11.6 Å². The predicted molar refractivity (Wildman–Crippen MR) is 78.8 cm³/mol. The van der Waals surface area contributed by atoms with Gasteiger partial charge in [0.25, 0.3) is 0 Å². The number of unbranched alkanes of at least 4 members (excludes halogenated alkanes) is 2. The van der Waals surface area contributed by atoms with E-state index in [0.29, 0.717) is 12.1 Å². The Labute approximate surface area is 119 Å². The van der Waals surface area contributed by atoms with Crippen molar-refractivity contribution in [2.45, 2.75) is 19.3 Å². The third-order valence-electron chi connectivity index (χ3n) is 2.99. The molecule has 0 heterocycles. The third kappa shape index (κ3) is 5.68. The van der Waals surface area contributed by atoms with Gasteiger partial charge >= 0.3 is 0 Å². The lowest BCUT2D eigenvalue weighted by molar-refractivity contribution is -0.124. The fraction of sp³-hybridized carbons (Fsp3) is 0.375. The summed E-state index contributed by atoms with van der Waals surface area (Å²) in [7, 11) is 1.77. The molecule has 0 unspecified atom stereocenters. The Morgan fingerprint density at radius 2 is 2.00 bits per heavy atom. The van der Waals surface area contributed by atoms with Crippen LogP contribution in [0.2, 0.25) is 0 Å². The number of carbonyl (C=O) groups is 1. The molecule has 0 aromatic heterocycles. The van der Waals surface area contributed by atoms with Crippen LogP contribution >= 0.6 is 0 Å². The Balaban J connectivity index is 2.43. The zero-order valence-corrected chi connectivity index (χ0v) is 11.7. The van der Waals surface area contributed by atoms with Crippen molar-refractivity contribution in [3.63, 3.8) is 0 Å². The van der Waals surface area contributed by atoms with Crippen LogP contribution in [0.15, 0.2) is 30.3 Å². The molecule has 0 saturated heterocycles. The number of aliphatic hydroxyl groups is 1. The van der Waals surface area contributed by atoms with Gasteiger partial charge in [-0.15, -0.1) is 0 Å². The van der Waals surface area contributed by atoms with Crippen LogP contribution in [-0.4, -0.2) is 36.1 Å². The molecule has 0 atom stereocenters. The molecule has 20 heavy (non-hydrogen) atoms. The number of benzene rings is 1. The first-order valence-corrected chi connectivity index (χ1v) is 6.71. The van der Waals surface area contributed by atoms with E-state index in [0.717, 1.165) is 24.8 Å². The normalized spacial score (nSPS) is 10.4. The third-order valence-corrected chi connectivity index (χ3v) is 2.99. The summed E-state index contributed by atoms with van der Waals surface area (Å²) in [5, 5.41) is 17.4. The van der Waals surface area contributed by atoms with Gasteiger partial charge in [-0.3, -0.25) is 4.79 Å². The quantitative estimate of drug-likeness (QED) is 0.611. The average Bonchev–Trinajstić information content (AvgIpc) is 2.49. The molecule has 0 bridgehead atoms. The van der Waals surface area contributed by atoms with Crippen molar-refractivity contribution >= 4 is 12.0 Å². The van der Waals surface area contributed by atoms with Gasteiger partial charge in [-0.05, 0) is 43.0 Å². The lowest BCUT2D eigenvalue weighted by atomic mass is 10.1. The molecule has 0 aliphatic heterocycles. The number of nitriles is 1. The highest BCUT2D eigenvalue weighted by Crippen LogP contribution is 2.06. The van der Waals surface area contributed by atoms with E-state index in [-0.39, 0.29) is 12.5 Å². The first-order chi connectivity index (χ1) is 9.67. The van der Waals surface area contributed by atoms with Crippen molar-refractivity contribution < 1.29 is 9.90 Å². The van der Waals surface area contributed by atoms with Crippen LogP contribution in [0, 0.1) is 11.3 Å². The number of hydrogen-bond acceptors (Lipinski definition) is 3. The SMILES string of the molecule is CN(CCCCCO)C(=O)/C=C/c1ccc(C#N)cc1. The van der Waals surface area contributed by atoms with Crippen LogP contribution in [0.25, 0.3) is 6.08 Å². The highest BCUT2D eigenvalue weighted by atomic mass is 16.2. The monoisotopic (exact) mass is 272 g/mol.